The number of aromatic nitrogens is 3. The second-order valence-electron chi connectivity index (χ2n) is 6.14. The van der Waals surface area contributed by atoms with Crippen molar-refractivity contribution in [1.82, 2.24) is 25.2 Å². The molecule has 1 aliphatic rings. The van der Waals surface area contributed by atoms with Gasteiger partial charge in [-0.2, -0.15) is 0 Å². The van der Waals surface area contributed by atoms with Crippen molar-refractivity contribution in [3.8, 4) is 5.69 Å². The Morgan fingerprint density at radius 2 is 2.04 bits per heavy atom. The zero-order chi connectivity index (χ0) is 17.8. The van der Waals surface area contributed by atoms with Crippen LogP contribution >= 0.6 is 0 Å². The Labute approximate surface area is 145 Å². The van der Waals surface area contributed by atoms with Gasteiger partial charge in [-0.25, -0.2) is 4.68 Å². The molecule has 1 fully saturated rings. The second-order valence-corrected chi connectivity index (χ2v) is 6.14. The van der Waals surface area contributed by atoms with Crippen molar-refractivity contribution >= 4 is 11.9 Å². The molecule has 1 aromatic carbocycles. The Hall–Kier alpha value is -2.74. The second kappa shape index (κ2) is 7.43. The molecule has 2 N–H and O–H groups in total. The number of carboxylic acid groups (broad SMARTS) is 1. The molecule has 3 rings (SSSR count). The van der Waals surface area contributed by atoms with E-state index in [4.69, 9.17) is 5.11 Å². The molecule has 25 heavy (non-hydrogen) atoms. The summed E-state index contributed by atoms with van der Waals surface area (Å²) in [5.74, 6) is -1.08. The number of aliphatic carboxylic acids is 1. The highest BCUT2D eigenvalue weighted by Gasteiger charge is 2.35. The van der Waals surface area contributed by atoms with Crippen LogP contribution in [0.3, 0.4) is 0 Å². The SMILES string of the molecule is CCN(CC(=O)O)C1CC(NC(=O)c2cn(-c3ccccc3)nn2)C1. The smallest absolute Gasteiger partial charge is 0.317 e. The maximum absolute atomic E-state index is 12.3. The number of carbonyl (C=O) groups excluding carboxylic acids is 1. The van der Waals surface area contributed by atoms with Gasteiger partial charge in [-0.05, 0) is 31.5 Å². The number of benzene rings is 1. The van der Waals surface area contributed by atoms with Gasteiger partial charge in [-0.1, -0.05) is 30.3 Å². The number of hydrogen-bond donors (Lipinski definition) is 2. The van der Waals surface area contributed by atoms with Crippen LogP contribution in [0, 0.1) is 0 Å². The van der Waals surface area contributed by atoms with Gasteiger partial charge in [-0.3, -0.25) is 14.5 Å². The van der Waals surface area contributed by atoms with Crippen molar-refractivity contribution in [2.45, 2.75) is 31.8 Å². The molecule has 0 atom stereocenters. The Bertz CT molecular complexity index is 740. The third kappa shape index (κ3) is 4.03. The van der Waals surface area contributed by atoms with Gasteiger partial charge in [0.15, 0.2) is 5.69 Å². The molecule has 0 spiro atoms. The minimum Gasteiger partial charge on any atom is -0.480 e. The lowest BCUT2D eigenvalue weighted by atomic mass is 9.85. The molecule has 1 aliphatic carbocycles. The number of likely N-dealkylation sites (N-methyl/N-ethyl adjacent to an activating group) is 1. The van der Waals surface area contributed by atoms with Crippen LogP contribution in [0.4, 0.5) is 0 Å². The molecule has 1 saturated carbocycles. The minimum absolute atomic E-state index is 0.0350. The normalized spacial score (nSPS) is 19.4. The van der Waals surface area contributed by atoms with Gasteiger partial charge >= 0.3 is 5.97 Å². The number of nitrogens with one attached hydrogen (secondary N) is 1. The number of amides is 1. The number of para-hydroxylation sites is 1. The molecule has 8 nitrogen and oxygen atoms in total. The standard InChI is InChI=1S/C17H21N5O3/c1-2-21(11-16(23)24)14-8-12(9-14)18-17(25)15-10-22(20-19-15)13-6-4-3-5-7-13/h3-7,10,12,14H,2,8-9,11H2,1H3,(H,18,25)(H,23,24). The number of carbonyl (C=O) groups is 2. The summed E-state index contributed by atoms with van der Waals surface area (Å²) >= 11 is 0. The summed E-state index contributed by atoms with van der Waals surface area (Å²) in [6.45, 7) is 2.66. The fourth-order valence-electron chi connectivity index (χ4n) is 3.01. The molecule has 0 radical (unpaired) electrons. The Morgan fingerprint density at radius 1 is 1.32 bits per heavy atom. The molecule has 132 valence electrons. The first-order valence-electron chi connectivity index (χ1n) is 8.31. The molecule has 1 aromatic heterocycles. The quantitative estimate of drug-likeness (QED) is 0.776. The van der Waals surface area contributed by atoms with Crippen molar-refractivity contribution < 1.29 is 14.7 Å². The van der Waals surface area contributed by atoms with Crippen LogP contribution in [-0.4, -0.2) is 62.0 Å². The van der Waals surface area contributed by atoms with E-state index in [1.54, 1.807) is 10.9 Å². The lowest BCUT2D eigenvalue weighted by Gasteiger charge is -2.42. The lowest BCUT2D eigenvalue weighted by Crippen LogP contribution is -2.54. The summed E-state index contributed by atoms with van der Waals surface area (Å²) in [5.41, 5.74) is 1.11. The number of rotatable bonds is 7. The fourth-order valence-corrected chi connectivity index (χ4v) is 3.01. The van der Waals surface area contributed by atoms with Crippen LogP contribution in [0.5, 0.6) is 0 Å². The van der Waals surface area contributed by atoms with Crippen molar-refractivity contribution in [2.75, 3.05) is 13.1 Å². The first-order chi connectivity index (χ1) is 12.1. The number of hydrogen-bond acceptors (Lipinski definition) is 5. The highest BCUT2D eigenvalue weighted by molar-refractivity contribution is 5.92. The summed E-state index contributed by atoms with van der Waals surface area (Å²) in [5, 5.41) is 19.7. The monoisotopic (exact) mass is 343 g/mol. The number of carboxylic acids is 1. The maximum atomic E-state index is 12.3. The summed E-state index contributed by atoms with van der Waals surface area (Å²) in [4.78, 5) is 25.0. The zero-order valence-electron chi connectivity index (χ0n) is 14.0. The Kier molecular flexibility index (Phi) is 5.08. The van der Waals surface area contributed by atoms with Crippen molar-refractivity contribution in [2.24, 2.45) is 0 Å². The van der Waals surface area contributed by atoms with Crippen molar-refractivity contribution in [3.05, 3.63) is 42.2 Å². The molecule has 0 saturated heterocycles. The van der Waals surface area contributed by atoms with E-state index in [9.17, 15) is 9.59 Å². The number of nitrogens with zero attached hydrogens (tertiary/aromatic N) is 4. The van der Waals surface area contributed by atoms with Crippen LogP contribution in [0.25, 0.3) is 5.69 Å². The van der Waals surface area contributed by atoms with Gasteiger partial charge in [0.05, 0.1) is 18.4 Å². The van der Waals surface area contributed by atoms with Crippen molar-refractivity contribution in [1.29, 1.82) is 0 Å². The van der Waals surface area contributed by atoms with Gasteiger partial charge in [0.25, 0.3) is 5.91 Å². The van der Waals surface area contributed by atoms with Crippen LogP contribution in [-0.2, 0) is 4.79 Å². The third-order valence-electron chi connectivity index (χ3n) is 4.46. The van der Waals surface area contributed by atoms with Gasteiger partial charge in [0, 0.05) is 12.1 Å². The third-order valence-corrected chi connectivity index (χ3v) is 4.46. The topological polar surface area (TPSA) is 100 Å². The molecular formula is C17H21N5O3. The van der Waals surface area contributed by atoms with Crippen LogP contribution in [0.1, 0.15) is 30.3 Å². The van der Waals surface area contributed by atoms with E-state index in [-0.39, 0.29) is 30.2 Å². The highest BCUT2D eigenvalue weighted by Crippen LogP contribution is 2.25. The average Bonchev–Trinajstić information content (AvgIpc) is 3.06. The lowest BCUT2D eigenvalue weighted by molar-refractivity contribution is -0.139. The summed E-state index contributed by atoms with van der Waals surface area (Å²) < 4.78 is 1.56. The van der Waals surface area contributed by atoms with Gasteiger partial charge in [0.2, 0.25) is 0 Å². The van der Waals surface area contributed by atoms with E-state index in [1.807, 2.05) is 42.2 Å². The van der Waals surface area contributed by atoms with E-state index in [0.29, 0.717) is 6.54 Å². The van der Waals surface area contributed by atoms with Crippen LogP contribution < -0.4 is 5.32 Å². The van der Waals surface area contributed by atoms with Gasteiger partial charge in [0.1, 0.15) is 0 Å². The van der Waals surface area contributed by atoms with E-state index >= 15 is 0 Å². The fraction of sp³-hybridized carbons (Fsp3) is 0.412. The molecule has 8 heteroatoms. The first kappa shape index (κ1) is 17.1. The van der Waals surface area contributed by atoms with Crippen LogP contribution in [0.15, 0.2) is 36.5 Å². The zero-order valence-corrected chi connectivity index (χ0v) is 14.0. The molecule has 0 bridgehead atoms. The Morgan fingerprint density at radius 3 is 2.68 bits per heavy atom. The highest BCUT2D eigenvalue weighted by atomic mass is 16.4. The average molecular weight is 343 g/mol. The summed E-state index contributed by atoms with van der Waals surface area (Å²) in [6.07, 6.45) is 3.10. The molecule has 1 amide bonds. The van der Waals surface area contributed by atoms with Crippen LogP contribution in [0.2, 0.25) is 0 Å². The first-order valence-corrected chi connectivity index (χ1v) is 8.31. The Balaban J connectivity index is 1.53. The van der Waals surface area contributed by atoms with Gasteiger partial charge < -0.3 is 10.4 Å². The van der Waals surface area contributed by atoms with E-state index in [0.717, 1.165) is 18.5 Å². The van der Waals surface area contributed by atoms with Crippen molar-refractivity contribution in [3.63, 3.8) is 0 Å². The maximum Gasteiger partial charge on any atom is 0.317 e. The van der Waals surface area contributed by atoms with Gasteiger partial charge in [-0.15, -0.1) is 5.10 Å². The molecule has 2 aromatic rings. The molecular weight excluding hydrogens is 322 g/mol. The van der Waals surface area contributed by atoms with E-state index in [2.05, 4.69) is 15.6 Å². The largest absolute Gasteiger partial charge is 0.480 e. The molecule has 1 heterocycles. The molecule has 0 unspecified atom stereocenters. The predicted octanol–water partition coefficient (Wildman–Crippen LogP) is 0.935. The van der Waals surface area contributed by atoms with E-state index < -0.39 is 5.97 Å². The summed E-state index contributed by atoms with van der Waals surface area (Å²) in [7, 11) is 0. The van der Waals surface area contributed by atoms with E-state index in [1.165, 1.54) is 0 Å². The minimum atomic E-state index is -0.827. The molecule has 0 aliphatic heterocycles. The predicted molar refractivity (Wildman–Crippen MR) is 90.5 cm³/mol. The summed E-state index contributed by atoms with van der Waals surface area (Å²) in [6, 6.07) is 9.70.